The van der Waals surface area contributed by atoms with Crippen LogP contribution >= 0.6 is 0 Å². The quantitative estimate of drug-likeness (QED) is 0.889. The van der Waals surface area contributed by atoms with Gasteiger partial charge in [0.25, 0.3) is 5.91 Å². The van der Waals surface area contributed by atoms with Crippen molar-refractivity contribution in [2.75, 3.05) is 10.6 Å². The van der Waals surface area contributed by atoms with Crippen LogP contribution in [0, 0.1) is 0 Å². The van der Waals surface area contributed by atoms with Gasteiger partial charge in [-0.3, -0.25) is 4.79 Å². The molecule has 2 aromatic rings. The molecule has 4 nitrogen and oxygen atoms in total. The number of carbonyl (C=O) groups excluding carboxylic acids is 1. The smallest absolute Gasteiger partial charge is 0.255 e. The van der Waals surface area contributed by atoms with Crippen LogP contribution in [0.3, 0.4) is 0 Å². The van der Waals surface area contributed by atoms with Crippen LogP contribution < -0.4 is 10.6 Å². The van der Waals surface area contributed by atoms with Crippen molar-refractivity contribution < 1.29 is 4.79 Å². The number of hydrogen-bond donors (Lipinski definition) is 2. The van der Waals surface area contributed by atoms with Gasteiger partial charge in [0.1, 0.15) is 5.82 Å². The molecule has 0 bridgehead atoms. The number of aromatic nitrogens is 1. The summed E-state index contributed by atoms with van der Waals surface area (Å²) in [4.78, 5) is 16.6. The number of benzene rings is 1. The zero-order valence-corrected chi connectivity index (χ0v) is 13.9. The van der Waals surface area contributed by atoms with E-state index in [0.29, 0.717) is 17.3 Å². The lowest BCUT2D eigenvalue weighted by molar-refractivity contribution is 0.102. The number of nitrogens with one attached hydrogen (secondary N) is 2. The Morgan fingerprint density at radius 2 is 1.78 bits per heavy atom. The summed E-state index contributed by atoms with van der Waals surface area (Å²) >= 11 is 0. The molecule has 0 unspecified atom stereocenters. The van der Waals surface area contributed by atoms with E-state index < -0.39 is 0 Å². The molecule has 1 amide bonds. The van der Waals surface area contributed by atoms with Crippen LogP contribution in [-0.2, 0) is 5.41 Å². The van der Waals surface area contributed by atoms with Crippen LogP contribution in [-0.4, -0.2) is 16.9 Å². The maximum atomic E-state index is 12.3. The largest absolute Gasteiger partial charge is 0.367 e. The highest BCUT2D eigenvalue weighted by Gasteiger charge is 2.21. The molecule has 120 valence electrons. The van der Waals surface area contributed by atoms with E-state index in [9.17, 15) is 4.79 Å². The number of amides is 1. The van der Waals surface area contributed by atoms with Gasteiger partial charge in [0, 0.05) is 11.6 Å². The third-order valence-corrected chi connectivity index (χ3v) is 3.96. The normalized spacial score (nSPS) is 14.4. The minimum atomic E-state index is -0.116. The third kappa shape index (κ3) is 4.09. The molecule has 2 N–H and O–H groups in total. The van der Waals surface area contributed by atoms with Crippen molar-refractivity contribution in [3.63, 3.8) is 0 Å². The van der Waals surface area contributed by atoms with Crippen molar-refractivity contribution in [2.24, 2.45) is 0 Å². The molecule has 1 aliphatic rings. The molecule has 1 aromatic carbocycles. The van der Waals surface area contributed by atoms with Crippen LogP contribution in [0.15, 0.2) is 42.6 Å². The monoisotopic (exact) mass is 309 g/mol. The van der Waals surface area contributed by atoms with Gasteiger partial charge in [-0.1, -0.05) is 32.9 Å². The Hall–Kier alpha value is -2.36. The Morgan fingerprint density at radius 3 is 2.30 bits per heavy atom. The number of pyridine rings is 1. The van der Waals surface area contributed by atoms with Gasteiger partial charge < -0.3 is 10.6 Å². The fourth-order valence-corrected chi connectivity index (χ4v) is 2.31. The van der Waals surface area contributed by atoms with Gasteiger partial charge >= 0.3 is 0 Å². The lowest BCUT2D eigenvalue weighted by atomic mass is 9.87. The average Bonchev–Trinajstić information content (AvgIpc) is 3.32. The molecule has 1 heterocycles. The first-order valence-corrected chi connectivity index (χ1v) is 8.06. The first-order valence-electron chi connectivity index (χ1n) is 8.06. The van der Waals surface area contributed by atoms with Gasteiger partial charge in [-0.2, -0.15) is 0 Å². The van der Waals surface area contributed by atoms with Crippen molar-refractivity contribution in [1.29, 1.82) is 0 Å². The van der Waals surface area contributed by atoms with Gasteiger partial charge in [-0.15, -0.1) is 0 Å². The van der Waals surface area contributed by atoms with Gasteiger partial charge in [-0.25, -0.2) is 4.98 Å². The van der Waals surface area contributed by atoms with Crippen molar-refractivity contribution in [2.45, 2.75) is 45.1 Å². The van der Waals surface area contributed by atoms with Gasteiger partial charge in [0.05, 0.1) is 11.9 Å². The van der Waals surface area contributed by atoms with Crippen LogP contribution in [0.1, 0.15) is 49.5 Å². The fourth-order valence-electron chi connectivity index (χ4n) is 2.31. The maximum absolute atomic E-state index is 12.3. The Balaban J connectivity index is 1.63. The molecule has 0 aliphatic heterocycles. The second kappa shape index (κ2) is 6.03. The highest BCUT2D eigenvalue weighted by Crippen LogP contribution is 2.24. The summed E-state index contributed by atoms with van der Waals surface area (Å²) in [5.74, 6) is 0.746. The zero-order valence-electron chi connectivity index (χ0n) is 13.9. The van der Waals surface area contributed by atoms with Gasteiger partial charge in [0.15, 0.2) is 0 Å². The minimum Gasteiger partial charge on any atom is -0.367 e. The molecule has 23 heavy (non-hydrogen) atoms. The first-order chi connectivity index (χ1) is 10.9. The Kier molecular flexibility index (Phi) is 4.07. The van der Waals surface area contributed by atoms with Crippen molar-refractivity contribution in [3.8, 4) is 0 Å². The van der Waals surface area contributed by atoms with E-state index in [1.807, 2.05) is 36.4 Å². The molecule has 1 aliphatic carbocycles. The molecule has 0 spiro atoms. The van der Waals surface area contributed by atoms with E-state index in [1.165, 1.54) is 18.4 Å². The summed E-state index contributed by atoms with van der Waals surface area (Å²) in [6.45, 7) is 6.47. The summed E-state index contributed by atoms with van der Waals surface area (Å²) in [6.07, 6.45) is 4.11. The highest BCUT2D eigenvalue weighted by atomic mass is 16.1. The Bertz CT molecular complexity index is 680. The van der Waals surface area contributed by atoms with Crippen LogP contribution in [0.5, 0.6) is 0 Å². The number of carbonyl (C=O) groups is 1. The summed E-state index contributed by atoms with van der Waals surface area (Å²) < 4.78 is 0. The zero-order chi connectivity index (χ0) is 16.4. The Labute approximate surface area is 137 Å². The van der Waals surface area contributed by atoms with Gasteiger partial charge in [0.2, 0.25) is 0 Å². The molecular weight excluding hydrogens is 286 g/mol. The molecule has 1 fully saturated rings. The number of nitrogens with zero attached hydrogens (tertiary/aromatic N) is 1. The van der Waals surface area contributed by atoms with Crippen molar-refractivity contribution in [1.82, 2.24) is 4.98 Å². The minimum absolute atomic E-state index is 0.0866. The topological polar surface area (TPSA) is 54.0 Å². The molecular formula is C19H23N3O. The predicted molar refractivity (Wildman–Crippen MR) is 94.0 cm³/mol. The van der Waals surface area contributed by atoms with E-state index in [2.05, 4.69) is 36.4 Å². The van der Waals surface area contributed by atoms with E-state index >= 15 is 0 Å². The fraction of sp³-hybridized carbons (Fsp3) is 0.368. The van der Waals surface area contributed by atoms with E-state index in [4.69, 9.17) is 0 Å². The molecule has 1 saturated carbocycles. The number of rotatable bonds is 4. The summed E-state index contributed by atoms with van der Waals surface area (Å²) in [7, 11) is 0. The highest BCUT2D eigenvalue weighted by molar-refractivity contribution is 6.04. The summed E-state index contributed by atoms with van der Waals surface area (Å²) in [6, 6.07) is 12.1. The second-order valence-electron chi connectivity index (χ2n) is 7.13. The molecule has 0 atom stereocenters. The summed E-state index contributed by atoms with van der Waals surface area (Å²) in [5.41, 5.74) is 2.66. The SMILES string of the molecule is CC(C)(C)c1ccc(C(=O)Nc2ccc(NC3CC3)nc2)cc1. The van der Waals surface area contributed by atoms with E-state index in [1.54, 1.807) is 6.20 Å². The van der Waals surface area contributed by atoms with Gasteiger partial charge in [-0.05, 0) is 48.1 Å². The van der Waals surface area contributed by atoms with Crippen LogP contribution in [0.2, 0.25) is 0 Å². The Morgan fingerprint density at radius 1 is 1.09 bits per heavy atom. The van der Waals surface area contributed by atoms with Crippen LogP contribution in [0.4, 0.5) is 11.5 Å². The number of anilines is 2. The lowest BCUT2D eigenvalue weighted by Crippen LogP contribution is -2.14. The summed E-state index contributed by atoms with van der Waals surface area (Å²) in [5, 5.41) is 6.21. The van der Waals surface area contributed by atoms with Crippen LogP contribution in [0.25, 0.3) is 0 Å². The standard InChI is InChI=1S/C19H23N3O/c1-19(2,3)14-6-4-13(5-7-14)18(23)22-16-10-11-17(20-12-16)21-15-8-9-15/h4-7,10-12,15H,8-9H2,1-3H3,(H,20,21)(H,22,23). The lowest BCUT2D eigenvalue weighted by Gasteiger charge is -2.19. The molecule has 4 heteroatoms. The molecule has 3 rings (SSSR count). The predicted octanol–water partition coefficient (Wildman–Crippen LogP) is 4.21. The van der Waals surface area contributed by atoms with Crippen molar-refractivity contribution >= 4 is 17.4 Å². The first kappa shape index (κ1) is 15.5. The third-order valence-electron chi connectivity index (χ3n) is 3.96. The van der Waals surface area contributed by atoms with E-state index in [0.717, 1.165) is 5.82 Å². The van der Waals surface area contributed by atoms with E-state index in [-0.39, 0.29) is 11.3 Å². The number of hydrogen-bond acceptors (Lipinski definition) is 3. The van der Waals surface area contributed by atoms with Crippen molar-refractivity contribution in [3.05, 3.63) is 53.7 Å². The molecule has 0 radical (unpaired) electrons. The second-order valence-corrected chi connectivity index (χ2v) is 7.13. The molecule has 1 aromatic heterocycles. The average molecular weight is 309 g/mol. The molecule has 0 saturated heterocycles. The maximum Gasteiger partial charge on any atom is 0.255 e.